The lowest BCUT2D eigenvalue weighted by Gasteiger charge is -2.50. The van der Waals surface area contributed by atoms with Crippen LogP contribution in [0.3, 0.4) is 0 Å². The fourth-order valence-electron chi connectivity index (χ4n) is 1.63. The Labute approximate surface area is 91.5 Å². The highest BCUT2D eigenvalue weighted by Gasteiger charge is 2.46. The quantitative estimate of drug-likeness (QED) is 0.748. The van der Waals surface area contributed by atoms with Gasteiger partial charge < -0.3 is 15.8 Å². The molecule has 88 valence electrons. The van der Waals surface area contributed by atoms with Crippen LogP contribution in [0.4, 0.5) is 4.79 Å². The number of nitrogens with two attached hydrogens (primary N) is 1. The summed E-state index contributed by atoms with van der Waals surface area (Å²) in [4.78, 5) is 11.4. The third kappa shape index (κ3) is 2.84. The number of rotatable bonds is 3. The van der Waals surface area contributed by atoms with Gasteiger partial charge in [0.15, 0.2) is 0 Å². The van der Waals surface area contributed by atoms with Crippen LogP contribution >= 0.6 is 0 Å². The van der Waals surface area contributed by atoms with Crippen molar-refractivity contribution in [2.24, 2.45) is 17.1 Å². The molecule has 1 amide bonds. The van der Waals surface area contributed by atoms with Gasteiger partial charge in [0.1, 0.15) is 0 Å². The minimum Gasteiger partial charge on any atom is -0.449 e. The molecule has 0 radical (unpaired) electrons. The average molecular weight is 214 g/mol. The van der Waals surface area contributed by atoms with Crippen molar-refractivity contribution in [1.82, 2.24) is 5.32 Å². The van der Waals surface area contributed by atoms with E-state index in [1.54, 1.807) is 0 Å². The molecule has 1 rings (SSSR count). The summed E-state index contributed by atoms with van der Waals surface area (Å²) in [6.45, 7) is 8.61. The van der Waals surface area contributed by atoms with Crippen LogP contribution in [0, 0.1) is 11.3 Å². The van der Waals surface area contributed by atoms with Crippen molar-refractivity contribution < 1.29 is 9.53 Å². The third-order valence-electron chi connectivity index (χ3n) is 3.18. The van der Waals surface area contributed by atoms with E-state index in [0.717, 1.165) is 6.42 Å². The third-order valence-corrected chi connectivity index (χ3v) is 3.18. The van der Waals surface area contributed by atoms with Crippen LogP contribution in [0.5, 0.6) is 0 Å². The average Bonchev–Trinajstić information content (AvgIpc) is 2.14. The molecule has 0 aromatic carbocycles. The predicted molar refractivity (Wildman–Crippen MR) is 59.5 cm³/mol. The van der Waals surface area contributed by atoms with Gasteiger partial charge in [-0.2, -0.15) is 0 Å². The summed E-state index contributed by atoms with van der Waals surface area (Å²) in [6.07, 6.45) is 0.512. The van der Waals surface area contributed by atoms with E-state index in [0.29, 0.717) is 12.5 Å². The van der Waals surface area contributed by atoms with E-state index in [1.165, 1.54) is 0 Å². The summed E-state index contributed by atoms with van der Waals surface area (Å²) in [7, 11) is 0. The van der Waals surface area contributed by atoms with E-state index in [9.17, 15) is 4.79 Å². The second-order valence-corrected chi connectivity index (χ2v) is 5.35. The summed E-state index contributed by atoms with van der Waals surface area (Å²) >= 11 is 0. The lowest BCUT2D eigenvalue weighted by atomic mass is 9.63. The SMILES string of the molecule is CC(C)COC(=O)NC1CC(N)C1(C)C. The van der Waals surface area contributed by atoms with Crippen LogP contribution < -0.4 is 11.1 Å². The predicted octanol–water partition coefficient (Wildman–Crippen LogP) is 1.49. The number of ether oxygens (including phenoxy) is 1. The van der Waals surface area contributed by atoms with Gasteiger partial charge in [0.05, 0.1) is 6.61 Å². The first-order valence-corrected chi connectivity index (χ1v) is 5.53. The molecule has 0 saturated heterocycles. The molecule has 3 N–H and O–H groups in total. The zero-order chi connectivity index (χ0) is 11.6. The molecule has 4 heteroatoms. The van der Waals surface area contributed by atoms with Crippen LogP contribution in [-0.4, -0.2) is 24.8 Å². The molecule has 1 aliphatic rings. The molecule has 0 bridgehead atoms. The van der Waals surface area contributed by atoms with Gasteiger partial charge in [-0.1, -0.05) is 27.7 Å². The van der Waals surface area contributed by atoms with Crippen molar-refractivity contribution in [3.63, 3.8) is 0 Å². The monoisotopic (exact) mass is 214 g/mol. The molecule has 0 heterocycles. The Morgan fingerprint density at radius 1 is 1.60 bits per heavy atom. The summed E-state index contributed by atoms with van der Waals surface area (Å²) in [5.74, 6) is 0.368. The molecule has 2 atom stereocenters. The molecule has 0 spiro atoms. The minimum atomic E-state index is -0.325. The highest BCUT2D eigenvalue weighted by Crippen LogP contribution is 2.38. The maximum Gasteiger partial charge on any atom is 0.407 e. The summed E-state index contributed by atoms with van der Waals surface area (Å²) < 4.78 is 5.05. The number of carbonyl (C=O) groups excluding carboxylic acids is 1. The largest absolute Gasteiger partial charge is 0.449 e. The van der Waals surface area contributed by atoms with Crippen LogP contribution in [0.1, 0.15) is 34.1 Å². The molecule has 0 aliphatic heterocycles. The number of hydrogen-bond donors (Lipinski definition) is 2. The number of amides is 1. The number of nitrogens with one attached hydrogen (secondary N) is 1. The standard InChI is InChI=1S/C11H22N2O2/c1-7(2)6-15-10(14)13-9-5-8(12)11(9,3)4/h7-9H,5-6,12H2,1-4H3,(H,13,14). The molecule has 1 fully saturated rings. The van der Waals surface area contributed by atoms with E-state index in [2.05, 4.69) is 19.2 Å². The summed E-state index contributed by atoms with van der Waals surface area (Å²) in [5, 5.41) is 2.85. The molecule has 15 heavy (non-hydrogen) atoms. The number of hydrogen-bond acceptors (Lipinski definition) is 3. The van der Waals surface area contributed by atoms with Crippen molar-refractivity contribution in [2.75, 3.05) is 6.61 Å². The van der Waals surface area contributed by atoms with Gasteiger partial charge >= 0.3 is 6.09 Å². The first-order valence-electron chi connectivity index (χ1n) is 5.53. The molecule has 1 aliphatic carbocycles. The van der Waals surface area contributed by atoms with E-state index in [-0.39, 0.29) is 23.6 Å². The zero-order valence-corrected chi connectivity index (χ0v) is 10.0. The Hall–Kier alpha value is -0.770. The van der Waals surface area contributed by atoms with Crippen LogP contribution in [0.2, 0.25) is 0 Å². The minimum absolute atomic E-state index is 0.0170. The molecular weight excluding hydrogens is 192 g/mol. The summed E-state index contributed by atoms with van der Waals surface area (Å²) in [5.41, 5.74) is 5.84. The number of alkyl carbamates (subject to hydrolysis) is 1. The van der Waals surface area contributed by atoms with Crippen molar-refractivity contribution >= 4 is 6.09 Å². The Morgan fingerprint density at radius 3 is 2.60 bits per heavy atom. The van der Waals surface area contributed by atoms with Gasteiger partial charge in [-0.25, -0.2) is 4.79 Å². The van der Waals surface area contributed by atoms with Crippen LogP contribution in [0.15, 0.2) is 0 Å². The van der Waals surface area contributed by atoms with Gasteiger partial charge in [0, 0.05) is 17.5 Å². The number of carbonyl (C=O) groups is 1. The van der Waals surface area contributed by atoms with Gasteiger partial charge in [-0.05, 0) is 12.3 Å². The van der Waals surface area contributed by atoms with Crippen LogP contribution in [0.25, 0.3) is 0 Å². The Balaban J connectivity index is 2.28. The van der Waals surface area contributed by atoms with Crippen molar-refractivity contribution in [1.29, 1.82) is 0 Å². The second-order valence-electron chi connectivity index (χ2n) is 5.35. The van der Waals surface area contributed by atoms with Gasteiger partial charge in [-0.15, -0.1) is 0 Å². The Bertz CT molecular complexity index is 239. The highest BCUT2D eigenvalue weighted by atomic mass is 16.5. The van der Waals surface area contributed by atoms with E-state index in [1.807, 2.05) is 13.8 Å². The molecule has 0 aromatic rings. The van der Waals surface area contributed by atoms with E-state index in [4.69, 9.17) is 10.5 Å². The molecule has 2 unspecified atom stereocenters. The zero-order valence-electron chi connectivity index (χ0n) is 10.0. The van der Waals surface area contributed by atoms with E-state index >= 15 is 0 Å². The maximum absolute atomic E-state index is 11.4. The van der Waals surface area contributed by atoms with Crippen molar-refractivity contribution in [2.45, 2.75) is 46.2 Å². The summed E-state index contributed by atoms with van der Waals surface area (Å²) in [6, 6.07) is 0.320. The molecule has 0 aromatic heterocycles. The lowest BCUT2D eigenvalue weighted by Crippen LogP contribution is -2.64. The maximum atomic E-state index is 11.4. The van der Waals surface area contributed by atoms with Gasteiger partial charge in [0.25, 0.3) is 0 Å². The first kappa shape index (κ1) is 12.3. The molecular formula is C11H22N2O2. The lowest BCUT2D eigenvalue weighted by molar-refractivity contribution is 0.0596. The highest BCUT2D eigenvalue weighted by molar-refractivity contribution is 5.68. The molecule has 4 nitrogen and oxygen atoms in total. The fourth-order valence-corrected chi connectivity index (χ4v) is 1.63. The van der Waals surface area contributed by atoms with Crippen molar-refractivity contribution in [3.05, 3.63) is 0 Å². The second kappa shape index (κ2) is 4.39. The Morgan fingerprint density at radius 2 is 2.20 bits per heavy atom. The normalized spacial score (nSPS) is 28.4. The van der Waals surface area contributed by atoms with Crippen LogP contribution in [-0.2, 0) is 4.74 Å². The van der Waals surface area contributed by atoms with E-state index < -0.39 is 0 Å². The van der Waals surface area contributed by atoms with Gasteiger partial charge in [-0.3, -0.25) is 0 Å². The molecule has 1 saturated carbocycles. The fraction of sp³-hybridized carbons (Fsp3) is 0.909. The topological polar surface area (TPSA) is 64.3 Å². The smallest absolute Gasteiger partial charge is 0.407 e. The van der Waals surface area contributed by atoms with Gasteiger partial charge in [0.2, 0.25) is 0 Å². The Kier molecular flexibility index (Phi) is 3.60. The van der Waals surface area contributed by atoms with Crippen molar-refractivity contribution in [3.8, 4) is 0 Å². The first-order chi connectivity index (χ1) is 6.84.